The molecule has 0 heterocycles. The van der Waals surface area contributed by atoms with Crippen LogP contribution in [0.15, 0.2) is 340 Å². The first kappa shape index (κ1) is 55.0. The first-order valence-corrected chi connectivity index (χ1v) is 32.8. The van der Waals surface area contributed by atoms with E-state index in [-0.39, 0.29) is 0 Å². The molecule has 4 aliphatic carbocycles. The summed E-state index contributed by atoms with van der Waals surface area (Å²) in [5.74, 6) is 0. The van der Waals surface area contributed by atoms with E-state index in [1.54, 1.807) is 0 Å². The molecule has 0 atom stereocenters. The maximum absolute atomic E-state index is 2.43. The van der Waals surface area contributed by atoms with Crippen molar-refractivity contribution in [3.63, 3.8) is 0 Å². The van der Waals surface area contributed by atoms with Crippen LogP contribution in [0.25, 0.3) is 56.7 Å². The van der Waals surface area contributed by atoms with Gasteiger partial charge in [0.25, 0.3) is 0 Å². The molecule has 4 aliphatic rings. The molecule has 14 aromatic rings. The van der Waals surface area contributed by atoms with Crippen molar-refractivity contribution >= 4 is 57.4 Å². The van der Waals surface area contributed by atoms with Crippen LogP contribution in [0.5, 0.6) is 0 Å². The van der Waals surface area contributed by atoms with Gasteiger partial charge in [-0.25, -0.2) is 0 Å². The fraction of sp³-hybridized carbons (Fsp3) is 0.0435. The highest BCUT2D eigenvalue weighted by Crippen LogP contribution is 2.61. The molecule has 442 valence electrons. The Labute approximate surface area is 550 Å². The predicted molar refractivity (Wildman–Crippen MR) is 392 cm³/mol. The molecule has 2 heteroatoms. The third-order valence-corrected chi connectivity index (χ3v) is 20.5. The lowest BCUT2D eigenvalue weighted by Gasteiger charge is -2.35. The molecule has 94 heavy (non-hydrogen) atoms. The lowest BCUT2D eigenvalue weighted by atomic mass is 9.66. The number of hydrogen-bond acceptors (Lipinski definition) is 2. The van der Waals surface area contributed by atoms with Crippen molar-refractivity contribution in [3.05, 3.63) is 429 Å². The van der Waals surface area contributed by atoms with Gasteiger partial charge in [0.15, 0.2) is 0 Å². The van der Waals surface area contributed by atoms with E-state index in [1.165, 1.54) is 122 Å². The Hall–Kier alpha value is -11.8. The second kappa shape index (κ2) is 21.9. The van der Waals surface area contributed by atoms with Crippen LogP contribution < -0.4 is 9.80 Å². The highest BCUT2D eigenvalue weighted by Gasteiger charge is 2.50. The first-order valence-electron chi connectivity index (χ1n) is 32.8. The Kier molecular flexibility index (Phi) is 12.8. The molecule has 18 rings (SSSR count). The quantitative estimate of drug-likeness (QED) is 0.142. The fourth-order valence-corrected chi connectivity index (χ4v) is 16.4. The van der Waals surface area contributed by atoms with Gasteiger partial charge in [-0.3, -0.25) is 0 Å². The molecule has 2 spiro atoms. The molecular formula is C92H64N2. The molecular weight excluding hydrogens is 1130 g/mol. The van der Waals surface area contributed by atoms with Crippen LogP contribution in [-0.2, 0) is 10.8 Å². The molecule has 0 saturated carbocycles. The summed E-state index contributed by atoms with van der Waals surface area (Å²) in [6, 6.07) is 127. The van der Waals surface area contributed by atoms with Gasteiger partial charge in [0.1, 0.15) is 0 Å². The monoisotopic (exact) mass is 1200 g/mol. The minimum Gasteiger partial charge on any atom is -0.311 e. The summed E-state index contributed by atoms with van der Waals surface area (Å²) >= 11 is 0. The Balaban J connectivity index is 0.667. The predicted octanol–water partition coefficient (Wildman–Crippen LogP) is 23.4. The molecule has 0 amide bonds. The van der Waals surface area contributed by atoms with Crippen LogP contribution in [0.2, 0.25) is 0 Å². The van der Waals surface area contributed by atoms with Gasteiger partial charge in [0, 0.05) is 34.1 Å². The highest BCUT2D eigenvalue weighted by molar-refractivity contribution is 6.01. The second-order valence-electron chi connectivity index (χ2n) is 25.6. The summed E-state index contributed by atoms with van der Waals surface area (Å²) < 4.78 is 0. The number of hydrogen-bond donors (Lipinski definition) is 0. The minimum atomic E-state index is -0.481. The number of fused-ring (bicyclic) bond motifs is 18. The topological polar surface area (TPSA) is 6.48 Å². The van der Waals surface area contributed by atoms with Crippen LogP contribution in [0.3, 0.4) is 0 Å². The number of rotatable bonds is 9. The summed E-state index contributed by atoms with van der Waals surface area (Å²) in [6.45, 7) is 4.31. The third-order valence-electron chi connectivity index (χ3n) is 20.5. The maximum Gasteiger partial charge on any atom is 0.0725 e. The maximum atomic E-state index is 2.43. The van der Waals surface area contributed by atoms with Crippen molar-refractivity contribution in [1.29, 1.82) is 0 Å². The van der Waals surface area contributed by atoms with Crippen molar-refractivity contribution in [2.45, 2.75) is 24.7 Å². The third kappa shape index (κ3) is 8.43. The van der Waals surface area contributed by atoms with E-state index in [1.807, 2.05) is 0 Å². The van der Waals surface area contributed by atoms with Crippen molar-refractivity contribution < 1.29 is 0 Å². The van der Waals surface area contributed by atoms with Crippen LogP contribution in [-0.4, -0.2) is 0 Å². The van der Waals surface area contributed by atoms with E-state index in [9.17, 15) is 0 Å². The van der Waals surface area contributed by atoms with Crippen LogP contribution in [0, 0.1) is 13.8 Å². The number of benzene rings is 14. The Bertz CT molecular complexity index is 4930. The van der Waals surface area contributed by atoms with E-state index in [0.29, 0.717) is 0 Å². The molecule has 0 fully saturated rings. The lowest BCUT2D eigenvalue weighted by molar-refractivity contribution is 0.766. The zero-order valence-corrected chi connectivity index (χ0v) is 52.4. The van der Waals surface area contributed by atoms with Crippen molar-refractivity contribution in [2.24, 2.45) is 0 Å². The average molecular weight is 1200 g/mol. The zero-order chi connectivity index (χ0) is 62.5. The Morgan fingerprint density at radius 2 is 0.404 bits per heavy atom. The van der Waals surface area contributed by atoms with E-state index in [4.69, 9.17) is 0 Å². The van der Waals surface area contributed by atoms with Crippen molar-refractivity contribution in [2.75, 3.05) is 9.80 Å². The number of nitrogens with zero attached hydrogens (tertiary/aromatic N) is 2. The van der Waals surface area contributed by atoms with Crippen molar-refractivity contribution in [3.8, 4) is 33.4 Å². The van der Waals surface area contributed by atoms with Gasteiger partial charge < -0.3 is 9.80 Å². The molecule has 0 bridgehead atoms. The van der Waals surface area contributed by atoms with E-state index in [2.05, 4.69) is 376 Å². The Morgan fingerprint density at radius 1 is 0.191 bits per heavy atom. The molecule has 0 saturated heterocycles. The van der Waals surface area contributed by atoms with E-state index < -0.39 is 10.8 Å². The molecule has 0 radical (unpaired) electrons. The molecule has 2 nitrogen and oxygen atoms in total. The number of aryl methyl sites for hydroxylation is 2. The van der Waals surface area contributed by atoms with Crippen LogP contribution in [0.4, 0.5) is 34.1 Å². The minimum absolute atomic E-state index is 0.481. The average Bonchev–Trinajstić information content (AvgIpc) is 1.53. The normalized spacial score (nSPS) is 13.7. The summed E-state index contributed by atoms with van der Waals surface area (Å²) in [5, 5.41) is 0. The largest absolute Gasteiger partial charge is 0.311 e. The second-order valence-corrected chi connectivity index (χ2v) is 25.6. The van der Waals surface area contributed by atoms with Crippen LogP contribution in [0.1, 0.15) is 89.0 Å². The number of anilines is 6. The van der Waals surface area contributed by atoms with E-state index >= 15 is 0 Å². The standard InChI is InChI=1S/C92H64N2/c1-61-35-47-69(48-36-61)93(73-55-43-65(44-56-73)81-59-67-19-3-11-27-83(67)91(89-33-17-9-25-79(81)89)85-29-13-5-21-75(85)76-22-6-14-30-86(76)91)71-51-39-63(40-52-71)64-41-53-72(54-42-64)94(70-49-37-62(2)38-50-70)74-57-45-66(46-58-74)82-60-68-20-4-12-28-84(68)92(90-34-18-10-26-80(82)90)87-31-15-7-23-77(87)78-24-8-16-32-88(78)92/h3-60H,1-2H3. The lowest BCUT2D eigenvalue weighted by Crippen LogP contribution is -2.30. The highest BCUT2D eigenvalue weighted by atomic mass is 15.1. The van der Waals surface area contributed by atoms with Crippen molar-refractivity contribution in [1.82, 2.24) is 0 Å². The van der Waals surface area contributed by atoms with Gasteiger partial charge in [0.2, 0.25) is 0 Å². The van der Waals surface area contributed by atoms with Gasteiger partial charge in [-0.15, -0.1) is 0 Å². The first-order chi connectivity index (χ1) is 46.4. The summed E-state index contributed by atoms with van der Waals surface area (Å²) in [4.78, 5) is 4.75. The summed E-state index contributed by atoms with van der Waals surface area (Å²) in [6.07, 6.45) is 4.86. The molecule has 0 unspecified atom stereocenters. The fourth-order valence-electron chi connectivity index (χ4n) is 16.4. The van der Waals surface area contributed by atoms with Gasteiger partial charge in [-0.1, -0.05) is 278 Å². The molecule has 14 aromatic carbocycles. The smallest absolute Gasteiger partial charge is 0.0725 e. The van der Waals surface area contributed by atoms with Gasteiger partial charge in [-0.05, 0) is 221 Å². The van der Waals surface area contributed by atoms with Gasteiger partial charge >= 0.3 is 0 Å². The zero-order valence-electron chi connectivity index (χ0n) is 52.4. The summed E-state index contributed by atoms with van der Waals surface area (Å²) in [7, 11) is 0. The Morgan fingerprint density at radius 3 is 0.691 bits per heavy atom. The SMILES string of the molecule is Cc1ccc(N(c2ccc(C3=Cc4ccccc4C4(c5ccccc53)c3ccccc3-c3ccccc34)cc2)c2ccc(-c3ccc(N(c4ccc(C)cc4)c4ccc(C5=Cc6ccccc6C6(c7ccccc75)c5ccccc5-c5ccccc56)cc4)cc3)cc2)cc1. The molecule has 0 aromatic heterocycles. The van der Waals surface area contributed by atoms with E-state index in [0.717, 1.165) is 45.3 Å². The summed E-state index contributed by atoms with van der Waals surface area (Å²) in [5.41, 5.74) is 35.8. The molecule has 0 aliphatic heterocycles. The van der Waals surface area contributed by atoms with Crippen LogP contribution >= 0.6 is 0 Å². The van der Waals surface area contributed by atoms with Gasteiger partial charge in [0.05, 0.1) is 10.8 Å². The van der Waals surface area contributed by atoms with Gasteiger partial charge in [-0.2, -0.15) is 0 Å². The molecule has 0 N–H and O–H groups in total.